The Balaban J connectivity index is 1.75. The summed E-state index contributed by atoms with van der Waals surface area (Å²) >= 11 is 0. The number of rotatable bonds is 4. The molecule has 1 heterocycles. The van der Waals surface area contributed by atoms with Gasteiger partial charge in [-0.15, -0.1) is 0 Å². The molecule has 98 valence electrons. The third kappa shape index (κ3) is 3.74. The van der Waals surface area contributed by atoms with Crippen LogP contribution >= 0.6 is 0 Å². The minimum absolute atomic E-state index is 0.0446. The highest BCUT2D eigenvalue weighted by Crippen LogP contribution is 2.12. The van der Waals surface area contributed by atoms with E-state index in [1.54, 1.807) is 0 Å². The second-order valence-corrected chi connectivity index (χ2v) is 4.92. The Morgan fingerprint density at radius 1 is 1.56 bits per heavy atom. The molecule has 0 aliphatic carbocycles. The van der Waals surface area contributed by atoms with Crippen LogP contribution in [0.1, 0.15) is 12.0 Å². The highest BCUT2D eigenvalue weighted by molar-refractivity contribution is 5.77. The lowest BCUT2D eigenvalue weighted by atomic mass is 10.2. The Bertz CT molecular complexity index is 420. The molecule has 0 bridgehead atoms. The molecule has 0 saturated carbocycles. The van der Waals surface area contributed by atoms with E-state index in [-0.39, 0.29) is 18.6 Å². The van der Waals surface area contributed by atoms with E-state index in [0.717, 1.165) is 30.8 Å². The molecule has 0 radical (unpaired) electrons. The van der Waals surface area contributed by atoms with Crippen molar-refractivity contribution in [1.82, 2.24) is 10.2 Å². The fourth-order valence-corrected chi connectivity index (χ4v) is 2.18. The summed E-state index contributed by atoms with van der Waals surface area (Å²) in [6.07, 6.45) is 1.02. The number of amides is 1. The molecule has 2 rings (SSSR count). The molecule has 1 fully saturated rings. The molecule has 1 aliphatic rings. The van der Waals surface area contributed by atoms with Crippen LogP contribution < -0.4 is 10.1 Å². The fourth-order valence-electron chi connectivity index (χ4n) is 2.18. The van der Waals surface area contributed by atoms with Gasteiger partial charge in [0.2, 0.25) is 0 Å². The van der Waals surface area contributed by atoms with Gasteiger partial charge in [-0.25, -0.2) is 0 Å². The summed E-state index contributed by atoms with van der Waals surface area (Å²) in [4.78, 5) is 13.9. The molecule has 1 saturated heterocycles. The van der Waals surface area contributed by atoms with Crippen molar-refractivity contribution < 1.29 is 9.53 Å². The number of carbonyl (C=O) groups excluding carboxylic acids is 1. The number of nitrogens with one attached hydrogen (secondary N) is 1. The quantitative estimate of drug-likeness (QED) is 0.870. The number of ether oxygens (including phenoxy) is 1. The lowest BCUT2D eigenvalue weighted by Crippen LogP contribution is -2.39. The number of nitrogens with zero attached hydrogens (tertiary/aromatic N) is 1. The molecule has 1 aromatic carbocycles. The van der Waals surface area contributed by atoms with Crippen LogP contribution in [0.25, 0.3) is 0 Å². The summed E-state index contributed by atoms with van der Waals surface area (Å²) < 4.78 is 5.46. The van der Waals surface area contributed by atoms with Gasteiger partial charge in [-0.2, -0.15) is 0 Å². The molecular formula is C14H20N2O2. The van der Waals surface area contributed by atoms with Gasteiger partial charge in [-0.1, -0.05) is 12.1 Å². The molecule has 1 N–H and O–H groups in total. The first-order valence-corrected chi connectivity index (χ1v) is 6.31. The molecule has 1 atom stereocenters. The monoisotopic (exact) mass is 248 g/mol. The van der Waals surface area contributed by atoms with Gasteiger partial charge in [-0.05, 0) is 44.6 Å². The van der Waals surface area contributed by atoms with E-state index in [0.29, 0.717) is 0 Å². The van der Waals surface area contributed by atoms with E-state index in [4.69, 9.17) is 4.74 Å². The van der Waals surface area contributed by atoms with Crippen LogP contribution in [-0.4, -0.2) is 43.6 Å². The molecule has 0 aromatic heterocycles. The maximum Gasteiger partial charge on any atom is 0.258 e. The van der Waals surface area contributed by atoms with Gasteiger partial charge in [-0.3, -0.25) is 4.79 Å². The number of hydrogen-bond donors (Lipinski definition) is 1. The Morgan fingerprint density at radius 3 is 3.06 bits per heavy atom. The molecule has 18 heavy (non-hydrogen) atoms. The lowest BCUT2D eigenvalue weighted by Gasteiger charge is -2.13. The average molecular weight is 248 g/mol. The van der Waals surface area contributed by atoms with Gasteiger partial charge in [0.25, 0.3) is 5.91 Å². The Kier molecular flexibility index (Phi) is 4.20. The summed E-state index contributed by atoms with van der Waals surface area (Å²) in [5.74, 6) is 0.700. The number of carbonyl (C=O) groups is 1. The van der Waals surface area contributed by atoms with Crippen LogP contribution in [0.5, 0.6) is 5.75 Å². The Labute approximate surface area is 108 Å². The van der Waals surface area contributed by atoms with E-state index >= 15 is 0 Å². The lowest BCUT2D eigenvalue weighted by molar-refractivity contribution is -0.123. The molecule has 0 spiro atoms. The summed E-state index contributed by atoms with van der Waals surface area (Å²) in [6, 6.07) is 7.99. The summed E-state index contributed by atoms with van der Waals surface area (Å²) in [7, 11) is 2.06. The molecule has 1 unspecified atom stereocenters. The van der Waals surface area contributed by atoms with E-state index < -0.39 is 0 Å². The van der Waals surface area contributed by atoms with Gasteiger partial charge in [0.15, 0.2) is 6.61 Å². The van der Waals surface area contributed by atoms with E-state index in [1.165, 1.54) is 0 Å². The first-order valence-electron chi connectivity index (χ1n) is 6.31. The van der Waals surface area contributed by atoms with Crippen LogP contribution in [-0.2, 0) is 4.79 Å². The molecule has 1 aliphatic heterocycles. The number of benzene rings is 1. The maximum absolute atomic E-state index is 11.7. The van der Waals surface area contributed by atoms with Crippen molar-refractivity contribution in [3.05, 3.63) is 29.8 Å². The van der Waals surface area contributed by atoms with Crippen molar-refractivity contribution in [2.45, 2.75) is 19.4 Å². The Hall–Kier alpha value is -1.55. The number of likely N-dealkylation sites (tertiary alicyclic amines) is 1. The minimum Gasteiger partial charge on any atom is -0.484 e. The second kappa shape index (κ2) is 5.87. The largest absolute Gasteiger partial charge is 0.484 e. The molecule has 1 amide bonds. The SMILES string of the molecule is Cc1cccc(OCC(=O)NC2CCN(C)C2)c1. The van der Waals surface area contributed by atoms with Crippen molar-refractivity contribution in [1.29, 1.82) is 0 Å². The van der Waals surface area contributed by atoms with Gasteiger partial charge in [0.05, 0.1) is 0 Å². The van der Waals surface area contributed by atoms with Gasteiger partial charge in [0, 0.05) is 12.6 Å². The Morgan fingerprint density at radius 2 is 2.39 bits per heavy atom. The summed E-state index contributed by atoms with van der Waals surface area (Å²) in [5, 5.41) is 2.99. The van der Waals surface area contributed by atoms with Crippen molar-refractivity contribution in [3.8, 4) is 5.75 Å². The van der Waals surface area contributed by atoms with Crippen LogP contribution in [0, 0.1) is 6.92 Å². The summed E-state index contributed by atoms with van der Waals surface area (Å²) in [5.41, 5.74) is 1.13. The van der Waals surface area contributed by atoms with Gasteiger partial charge in [0.1, 0.15) is 5.75 Å². The zero-order valence-corrected chi connectivity index (χ0v) is 11.0. The molecule has 4 heteroatoms. The molecule has 4 nitrogen and oxygen atoms in total. The highest BCUT2D eigenvalue weighted by Gasteiger charge is 2.20. The van der Waals surface area contributed by atoms with Crippen LogP contribution in [0.4, 0.5) is 0 Å². The zero-order chi connectivity index (χ0) is 13.0. The fraction of sp³-hybridized carbons (Fsp3) is 0.500. The zero-order valence-electron chi connectivity index (χ0n) is 11.0. The van der Waals surface area contributed by atoms with E-state index in [1.807, 2.05) is 31.2 Å². The molecular weight excluding hydrogens is 228 g/mol. The van der Waals surface area contributed by atoms with Crippen LogP contribution in [0.3, 0.4) is 0 Å². The number of hydrogen-bond acceptors (Lipinski definition) is 3. The predicted octanol–water partition coefficient (Wildman–Crippen LogP) is 1.19. The van der Waals surface area contributed by atoms with Crippen LogP contribution in [0.2, 0.25) is 0 Å². The third-order valence-corrected chi connectivity index (χ3v) is 3.12. The van der Waals surface area contributed by atoms with Crippen molar-refractivity contribution in [2.24, 2.45) is 0 Å². The van der Waals surface area contributed by atoms with Crippen LogP contribution in [0.15, 0.2) is 24.3 Å². The van der Waals surface area contributed by atoms with E-state index in [2.05, 4.69) is 17.3 Å². The first kappa shape index (κ1) is 12.9. The number of likely N-dealkylation sites (N-methyl/N-ethyl adjacent to an activating group) is 1. The normalized spacial score (nSPS) is 19.8. The molecule has 1 aromatic rings. The summed E-state index contributed by atoms with van der Waals surface area (Å²) in [6.45, 7) is 4.06. The second-order valence-electron chi connectivity index (χ2n) is 4.92. The van der Waals surface area contributed by atoms with Crippen molar-refractivity contribution >= 4 is 5.91 Å². The number of aryl methyl sites for hydroxylation is 1. The van der Waals surface area contributed by atoms with Gasteiger partial charge >= 0.3 is 0 Å². The topological polar surface area (TPSA) is 41.6 Å². The highest BCUT2D eigenvalue weighted by atomic mass is 16.5. The smallest absolute Gasteiger partial charge is 0.258 e. The predicted molar refractivity (Wildman–Crippen MR) is 70.7 cm³/mol. The van der Waals surface area contributed by atoms with Gasteiger partial charge < -0.3 is 15.0 Å². The first-order chi connectivity index (χ1) is 8.63. The van der Waals surface area contributed by atoms with Crippen molar-refractivity contribution in [3.63, 3.8) is 0 Å². The minimum atomic E-state index is -0.0446. The maximum atomic E-state index is 11.7. The van der Waals surface area contributed by atoms with Crippen molar-refractivity contribution in [2.75, 3.05) is 26.7 Å². The third-order valence-electron chi connectivity index (χ3n) is 3.12. The standard InChI is InChI=1S/C14H20N2O2/c1-11-4-3-5-13(8-11)18-10-14(17)15-12-6-7-16(2)9-12/h3-5,8,12H,6-7,9-10H2,1-2H3,(H,15,17). The average Bonchev–Trinajstić information content (AvgIpc) is 2.72. The van der Waals surface area contributed by atoms with E-state index in [9.17, 15) is 4.79 Å².